The molecule has 118 valence electrons. The molecule has 2 aromatic carbocycles. The van der Waals surface area contributed by atoms with Crippen molar-refractivity contribution in [2.24, 2.45) is 0 Å². The Bertz CT molecular complexity index is 569. The van der Waals surface area contributed by atoms with E-state index in [0.717, 1.165) is 18.6 Å². The number of benzene rings is 2. The molecular weight excluding hydrogens is 294 g/mol. The molecule has 0 heterocycles. The molecule has 0 aliphatic rings. The fraction of sp³-hybridized carbons (Fsp3) is 0.263. The topological polar surface area (TPSA) is 21.3 Å². The zero-order chi connectivity index (χ0) is 14.9. The molecule has 0 bridgehead atoms. The monoisotopic (exact) mass is 317 g/mol. The molecule has 0 radical (unpaired) electrons. The number of halogens is 1. The van der Waals surface area contributed by atoms with Crippen LogP contribution in [-0.2, 0) is 12.8 Å². The third kappa shape index (κ3) is 5.82. The van der Waals surface area contributed by atoms with Crippen molar-refractivity contribution in [1.29, 1.82) is 0 Å². The van der Waals surface area contributed by atoms with Crippen molar-refractivity contribution >= 4 is 12.4 Å². The van der Waals surface area contributed by atoms with Gasteiger partial charge in [-0.3, -0.25) is 0 Å². The summed E-state index contributed by atoms with van der Waals surface area (Å²) in [5.41, 5.74) is 2.56. The van der Waals surface area contributed by atoms with Crippen molar-refractivity contribution in [2.75, 3.05) is 7.11 Å². The summed E-state index contributed by atoms with van der Waals surface area (Å²) in [5.74, 6) is 0.958. The van der Waals surface area contributed by atoms with Gasteiger partial charge in [0.2, 0.25) is 0 Å². The van der Waals surface area contributed by atoms with E-state index in [9.17, 15) is 0 Å². The van der Waals surface area contributed by atoms with Crippen LogP contribution in [0.5, 0.6) is 5.75 Å². The summed E-state index contributed by atoms with van der Waals surface area (Å²) in [6.07, 6.45) is 6.11. The zero-order valence-corrected chi connectivity index (χ0v) is 14.0. The lowest BCUT2D eigenvalue weighted by Crippen LogP contribution is -2.23. The lowest BCUT2D eigenvalue weighted by atomic mass is 10.1. The molecule has 3 heteroatoms. The summed E-state index contributed by atoms with van der Waals surface area (Å²) < 4.78 is 5.38. The minimum Gasteiger partial charge on any atom is -0.496 e. The van der Waals surface area contributed by atoms with Crippen molar-refractivity contribution in [3.8, 4) is 5.75 Å². The van der Waals surface area contributed by atoms with E-state index in [1.165, 1.54) is 11.1 Å². The Morgan fingerprint density at radius 3 is 2.45 bits per heavy atom. The lowest BCUT2D eigenvalue weighted by Gasteiger charge is -2.14. The smallest absolute Gasteiger partial charge is 0.122 e. The van der Waals surface area contributed by atoms with E-state index in [-0.39, 0.29) is 12.4 Å². The molecule has 0 aromatic heterocycles. The SMILES string of the molecule is COc1ccccc1CC(C)N/C=C/Cc1ccccc1.Cl. The minimum atomic E-state index is 0. The third-order valence-electron chi connectivity index (χ3n) is 3.41. The lowest BCUT2D eigenvalue weighted by molar-refractivity contribution is 0.407. The standard InChI is InChI=1S/C19H23NO.ClH/c1-16(15-18-12-6-7-13-19(18)21-2)20-14-8-11-17-9-4-3-5-10-17;/h3-10,12-14,16,20H,11,15H2,1-2H3;1H/b14-8+;. The molecule has 0 aliphatic heterocycles. The number of para-hydroxylation sites is 1. The average molecular weight is 318 g/mol. The fourth-order valence-corrected chi connectivity index (χ4v) is 2.30. The Labute approximate surface area is 139 Å². The second kappa shape index (κ2) is 9.91. The number of allylic oxidation sites excluding steroid dienone is 1. The van der Waals surface area contributed by atoms with Gasteiger partial charge >= 0.3 is 0 Å². The fourth-order valence-electron chi connectivity index (χ4n) is 2.30. The van der Waals surface area contributed by atoms with Crippen LogP contribution in [0.4, 0.5) is 0 Å². The zero-order valence-electron chi connectivity index (χ0n) is 13.2. The number of hydrogen-bond donors (Lipinski definition) is 1. The molecular formula is C19H24ClNO. The van der Waals surface area contributed by atoms with Crippen molar-refractivity contribution < 1.29 is 4.74 Å². The molecule has 0 amide bonds. The molecule has 1 unspecified atom stereocenters. The van der Waals surface area contributed by atoms with E-state index in [4.69, 9.17) is 4.74 Å². The van der Waals surface area contributed by atoms with Crippen LogP contribution in [-0.4, -0.2) is 13.2 Å². The van der Waals surface area contributed by atoms with Gasteiger partial charge < -0.3 is 10.1 Å². The maximum atomic E-state index is 5.38. The summed E-state index contributed by atoms with van der Waals surface area (Å²) in [7, 11) is 1.72. The highest BCUT2D eigenvalue weighted by molar-refractivity contribution is 5.85. The van der Waals surface area contributed by atoms with Gasteiger partial charge in [0.25, 0.3) is 0 Å². The van der Waals surface area contributed by atoms with Gasteiger partial charge in [-0.2, -0.15) is 0 Å². The van der Waals surface area contributed by atoms with Gasteiger partial charge in [-0.15, -0.1) is 12.4 Å². The van der Waals surface area contributed by atoms with Crippen LogP contribution < -0.4 is 10.1 Å². The third-order valence-corrected chi connectivity index (χ3v) is 3.41. The summed E-state index contributed by atoms with van der Waals surface area (Å²) in [5, 5.41) is 3.42. The molecule has 0 spiro atoms. The van der Waals surface area contributed by atoms with Crippen molar-refractivity contribution in [2.45, 2.75) is 25.8 Å². The first kappa shape index (κ1) is 18.1. The molecule has 22 heavy (non-hydrogen) atoms. The van der Waals surface area contributed by atoms with Crippen LogP contribution in [0.2, 0.25) is 0 Å². The van der Waals surface area contributed by atoms with E-state index in [0.29, 0.717) is 6.04 Å². The largest absolute Gasteiger partial charge is 0.496 e. The Hall–Kier alpha value is -1.93. The van der Waals surface area contributed by atoms with Crippen molar-refractivity contribution in [3.63, 3.8) is 0 Å². The molecule has 0 aliphatic carbocycles. The van der Waals surface area contributed by atoms with Crippen molar-refractivity contribution in [3.05, 3.63) is 78.0 Å². The van der Waals surface area contributed by atoms with E-state index in [1.54, 1.807) is 7.11 Å². The van der Waals surface area contributed by atoms with E-state index >= 15 is 0 Å². The molecule has 0 saturated carbocycles. The molecule has 1 atom stereocenters. The average Bonchev–Trinajstić information content (AvgIpc) is 2.53. The Kier molecular flexibility index (Phi) is 8.16. The normalized spacial score (nSPS) is 11.7. The van der Waals surface area contributed by atoms with Gasteiger partial charge in [0.15, 0.2) is 0 Å². The number of ether oxygens (including phenoxy) is 1. The Balaban J connectivity index is 0.00000242. The maximum absolute atomic E-state index is 5.38. The quantitative estimate of drug-likeness (QED) is 0.817. The van der Waals surface area contributed by atoms with Gasteiger partial charge in [0.05, 0.1) is 7.11 Å². The minimum absolute atomic E-state index is 0. The molecule has 0 fully saturated rings. The van der Waals surface area contributed by atoms with Crippen LogP contribution in [0.1, 0.15) is 18.1 Å². The summed E-state index contributed by atoms with van der Waals surface area (Å²) >= 11 is 0. The highest BCUT2D eigenvalue weighted by Gasteiger charge is 2.05. The molecule has 2 aromatic rings. The highest BCUT2D eigenvalue weighted by Crippen LogP contribution is 2.18. The first-order valence-corrected chi connectivity index (χ1v) is 7.36. The van der Waals surface area contributed by atoms with E-state index < -0.39 is 0 Å². The number of nitrogens with one attached hydrogen (secondary N) is 1. The summed E-state index contributed by atoms with van der Waals surface area (Å²) in [4.78, 5) is 0. The predicted molar refractivity (Wildman–Crippen MR) is 95.8 cm³/mol. The maximum Gasteiger partial charge on any atom is 0.122 e. The van der Waals surface area contributed by atoms with Crippen LogP contribution in [0.25, 0.3) is 0 Å². The Morgan fingerprint density at radius 1 is 1.05 bits per heavy atom. The van der Waals surface area contributed by atoms with E-state index in [2.05, 4.69) is 54.7 Å². The van der Waals surface area contributed by atoms with Crippen molar-refractivity contribution in [1.82, 2.24) is 5.32 Å². The predicted octanol–water partition coefficient (Wildman–Crippen LogP) is 4.39. The Morgan fingerprint density at radius 2 is 1.73 bits per heavy atom. The van der Waals surface area contributed by atoms with Crippen LogP contribution in [0.3, 0.4) is 0 Å². The van der Waals surface area contributed by atoms with Gasteiger partial charge in [-0.05, 0) is 43.2 Å². The number of rotatable bonds is 7. The van der Waals surface area contributed by atoms with Crippen LogP contribution in [0, 0.1) is 0 Å². The highest BCUT2D eigenvalue weighted by atomic mass is 35.5. The molecule has 2 nitrogen and oxygen atoms in total. The number of methoxy groups -OCH3 is 1. The van der Waals surface area contributed by atoms with Gasteiger partial charge in [-0.1, -0.05) is 54.6 Å². The van der Waals surface area contributed by atoms with E-state index in [1.807, 2.05) is 24.4 Å². The number of hydrogen-bond acceptors (Lipinski definition) is 2. The van der Waals surface area contributed by atoms with Crippen LogP contribution >= 0.6 is 12.4 Å². The van der Waals surface area contributed by atoms with Gasteiger partial charge in [-0.25, -0.2) is 0 Å². The summed E-state index contributed by atoms with van der Waals surface area (Å²) in [6, 6.07) is 19.0. The molecule has 0 saturated heterocycles. The van der Waals surface area contributed by atoms with Crippen LogP contribution in [0.15, 0.2) is 66.9 Å². The van der Waals surface area contributed by atoms with Gasteiger partial charge in [0.1, 0.15) is 5.75 Å². The second-order valence-corrected chi connectivity index (χ2v) is 5.18. The first-order chi connectivity index (χ1) is 10.3. The summed E-state index contributed by atoms with van der Waals surface area (Å²) in [6.45, 7) is 2.18. The van der Waals surface area contributed by atoms with Gasteiger partial charge in [0, 0.05) is 6.04 Å². The molecule has 2 rings (SSSR count). The molecule has 1 N–H and O–H groups in total. The second-order valence-electron chi connectivity index (χ2n) is 5.18. The first-order valence-electron chi connectivity index (χ1n) is 7.36.